The molecule has 0 fully saturated rings. The maximum absolute atomic E-state index is 12.5. The summed E-state index contributed by atoms with van der Waals surface area (Å²) in [6, 6.07) is 16.2. The van der Waals surface area contributed by atoms with E-state index in [9.17, 15) is 19.5 Å². The van der Waals surface area contributed by atoms with Gasteiger partial charge in [0.05, 0.1) is 6.54 Å². The predicted molar refractivity (Wildman–Crippen MR) is 132 cm³/mol. The summed E-state index contributed by atoms with van der Waals surface area (Å²) in [4.78, 5) is 40.8. The van der Waals surface area contributed by atoms with Crippen molar-refractivity contribution in [1.29, 1.82) is 0 Å². The topological polar surface area (TPSA) is 118 Å². The molecule has 0 spiro atoms. The van der Waals surface area contributed by atoms with E-state index in [0.29, 0.717) is 5.01 Å². The molecule has 0 unspecified atom stereocenters. The molecule has 182 valence electrons. The van der Waals surface area contributed by atoms with Gasteiger partial charge in [0.15, 0.2) is 0 Å². The Labute approximate surface area is 207 Å². The number of nitrogens with one attached hydrogen (secondary N) is 2. The lowest BCUT2D eigenvalue weighted by molar-refractivity contribution is -0.144. The number of carboxylic acids is 1. The highest BCUT2D eigenvalue weighted by Crippen LogP contribution is 2.44. The van der Waals surface area contributed by atoms with Crippen molar-refractivity contribution in [3.05, 3.63) is 75.7 Å². The summed E-state index contributed by atoms with van der Waals surface area (Å²) in [7, 11) is 0. The molecule has 3 aromatic rings. The lowest BCUT2D eigenvalue weighted by atomic mass is 9.93. The molecule has 2 aromatic carbocycles. The number of benzene rings is 2. The number of hydrogen-bond donors (Lipinski definition) is 3. The summed E-state index contributed by atoms with van der Waals surface area (Å²) in [5, 5.41) is 16.8. The van der Waals surface area contributed by atoms with Crippen LogP contribution in [0.15, 0.2) is 53.9 Å². The standard InChI is InChI=1S/C26H27N3O5S/c1-3-26(4-2,24(31)32)29-23(30)21-15-35-22(28-21)13-27-25(33)34-14-20-18-11-7-5-9-16(18)17-10-6-8-12-19(17)20/h5-12,15,20H,3-4,13-14H2,1-2H3,(H,27,33)(H,29,30)(H,31,32). The summed E-state index contributed by atoms with van der Waals surface area (Å²) in [5.74, 6) is -1.67. The molecule has 0 atom stereocenters. The highest BCUT2D eigenvalue weighted by Gasteiger charge is 2.37. The normalized spacial score (nSPS) is 12.5. The molecule has 2 amide bonds. The molecule has 1 aromatic heterocycles. The first-order valence-electron chi connectivity index (χ1n) is 11.5. The molecule has 1 aliphatic rings. The Morgan fingerprint density at radius 1 is 1.03 bits per heavy atom. The number of hydrogen-bond acceptors (Lipinski definition) is 6. The van der Waals surface area contributed by atoms with E-state index in [4.69, 9.17) is 4.74 Å². The molecule has 0 radical (unpaired) electrons. The quantitative estimate of drug-likeness (QED) is 0.402. The van der Waals surface area contributed by atoms with Gasteiger partial charge in [-0.25, -0.2) is 14.6 Å². The Balaban J connectivity index is 1.33. The number of fused-ring (bicyclic) bond motifs is 3. The van der Waals surface area contributed by atoms with Crippen LogP contribution in [0, 0.1) is 0 Å². The first-order valence-corrected chi connectivity index (χ1v) is 12.4. The van der Waals surface area contributed by atoms with E-state index in [1.54, 1.807) is 19.2 Å². The summed E-state index contributed by atoms with van der Waals surface area (Å²) in [5.41, 5.74) is 3.36. The fourth-order valence-corrected chi connectivity index (χ4v) is 5.07. The maximum Gasteiger partial charge on any atom is 0.407 e. The van der Waals surface area contributed by atoms with Gasteiger partial charge in [-0.3, -0.25) is 4.79 Å². The zero-order valence-corrected chi connectivity index (χ0v) is 20.4. The predicted octanol–water partition coefficient (Wildman–Crippen LogP) is 4.56. The monoisotopic (exact) mass is 493 g/mol. The second kappa shape index (κ2) is 10.3. The first kappa shape index (κ1) is 24.4. The summed E-state index contributed by atoms with van der Waals surface area (Å²) in [6.45, 7) is 3.72. The summed E-state index contributed by atoms with van der Waals surface area (Å²) >= 11 is 1.20. The van der Waals surface area contributed by atoms with Gasteiger partial charge in [0, 0.05) is 11.3 Å². The molecular formula is C26H27N3O5S. The number of aliphatic carboxylic acids is 1. The van der Waals surface area contributed by atoms with Gasteiger partial charge < -0.3 is 20.5 Å². The molecule has 0 saturated carbocycles. The van der Waals surface area contributed by atoms with Crippen LogP contribution in [0.1, 0.15) is 59.2 Å². The second-order valence-electron chi connectivity index (χ2n) is 8.35. The smallest absolute Gasteiger partial charge is 0.407 e. The zero-order valence-electron chi connectivity index (χ0n) is 19.5. The van der Waals surface area contributed by atoms with Crippen molar-refractivity contribution in [1.82, 2.24) is 15.6 Å². The van der Waals surface area contributed by atoms with Crippen LogP contribution in [-0.4, -0.2) is 40.2 Å². The third-order valence-electron chi connectivity index (χ3n) is 6.48. The highest BCUT2D eigenvalue weighted by atomic mass is 32.1. The molecule has 1 aliphatic carbocycles. The van der Waals surface area contributed by atoms with Crippen LogP contribution in [0.2, 0.25) is 0 Å². The van der Waals surface area contributed by atoms with Gasteiger partial charge in [-0.2, -0.15) is 0 Å². The first-order chi connectivity index (χ1) is 16.9. The Morgan fingerprint density at radius 2 is 1.63 bits per heavy atom. The lowest BCUT2D eigenvalue weighted by Crippen LogP contribution is -2.53. The minimum absolute atomic E-state index is 0.0325. The van der Waals surface area contributed by atoms with E-state index in [2.05, 4.69) is 39.9 Å². The molecule has 0 aliphatic heterocycles. The van der Waals surface area contributed by atoms with Crippen LogP contribution >= 0.6 is 11.3 Å². The van der Waals surface area contributed by atoms with Gasteiger partial charge in [0.2, 0.25) is 0 Å². The number of carboxylic acid groups (broad SMARTS) is 1. The fraction of sp³-hybridized carbons (Fsp3) is 0.308. The fourth-order valence-electron chi connectivity index (χ4n) is 4.36. The molecule has 4 rings (SSSR count). The van der Waals surface area contributed by atoms with Crippen molar-refractivity contribution in [3.63, 3.8) is 0 Å². The number of carbonyl (C=O) groups excluding carboxylic acids is 2. The van der Waals surface area contributed by atoms with Gasteiger partial charge in [0.1, 0.15) is 22.8 Å². The zero-order chi connectivity index (χ0) is 25.0. The average molecular weight is 494 g/mol. The van der Waals surface area contributed by atoms with Gasteiger partial charge in [0.25, 0.3) is 5.91 Å². The van der Waals surface area contributed by atoms with E-state index in [1.165, 1.54) is 11.3 Å². The third-order valence-corrected chi connectivity index (χ3v) is 7.33. The number of carbonyl (C=O) groups is 3. The molecule has 35 heavy (non-hydrogen) atoms. The van der Waals surface area contributed by atoms with Crippen LogP contribution in [0.4, 0.5) is 4.79 Å². The highest BCUT2D eigenvalue weighted by molar-refractivity contribution is 7.09. The Bertz CT molecular complexity index is 1210. The number of amides is 2. The number of aromatic nitrogens is 1. The SMILES string of the molecule is CCC(CC)(NC(=O)c1csc(CNC(=O)OCC2c3ccccc3-c3ccccc32)n1)C(=O)O. The largest absolute Gasteiger partial charge is 0.480 e. The van der Waals surface area contributed by atoms with Crippen molar-refractivity contribution >= 4 is 29.3 Å². The van der Waals surface area contributed by atoms with Crippen LogP contribution in [-0.2, 0) is 16.1 Å². The molecule has 0 bridgehead atoms. The summed E-state index contributed by atoms with van der Waals surface area (Å²) < 4.78 is 5.52. The van der Waals surface area contributed by atoms with Gasteiger partial charge in [-0.15, -0.1) is 11.3 Å². The molecule has 3 N–H and O–H groups in total. The van der Waals surface area contributed by atoms with Crippen molar-refractivity contribution < 1.29 is 24.2 Å². The molecular weight excluding hydrogens is 466 g/mol. The van der Waals surface area contributed by atoms with Crippen LogP contribution in [0.25, 0.3) is 11.1 Å². The average Bonchev–Trinajstić information content (AvgIpc) is 3.48. The Kier molecular flexibility index (Phi) is 7.16. The molecule has 1 heterocycles. The summed E-state index contributed by atoms with van der Waals surface area (Å²) in [6.07, 6.45) is -0.0644. The van der Waals surface area contributed by atoms with Gasteiger partial charge in [-0.05, 0) is 35.1 Å². The number of ether oxygens (including phenoxy) is 1. The second-order valence-corrected chi connectivity index (χ2v) is 9.30. The van der Waals surface area contributed by atoms with Crippen molar-refractivity contribution in [2.75, 3.05) is 6.61 Å². The number of rotatable bonds is 9. The van der Waals surface area contributed by atoms with Crippen molar-refractivity contribution in [2.24, 2.45) is 0 Å². The van der Waals surface area contributed by atoms with Crippen LogP contribution in [0.5, 0.6) is 0 Å². The van der Waals surface area contributed by atoms with E-state index in [-0.39, 0.29) is 37.6 Å². The van der Waals surface area contributed by atoms with E-state index in [0.717, 1.165) is 22.3 Å². The lowest BCUT2D eigenvalue weighted by Gasteiger charge is -2.27. The molecule has 8 nitrogen and oxygen atoms in total. The Hall–Kier alpha value is -3.72. The maximum atomic E-state index is 12.5. The van der Waals surface area contributed by atoms with Gasteiger partial charge in [-0.1, -0.05) is 62.4 Å². The number of thiazole rings is 1. The minimum Gasteiger partial charge on any atom is -0.480 e. The molecule has 0 saturated heterocycles. The van der Waals surface area contributed by atoms with Crippen LogP contribution < -0.4 is 10.6 Å². The van der Waals surface area contributed by atoms with Crippen LogP contribution in [0.3, 0.4) is 0 Å². The molecule has 9 heteroatoms. The van der Waals surface area contributed by atoms with Crippen molar-refractivity contribution in [3.8, 4) is 11.1 Å². The Morgan fingerprint density at radius 3 is 2.20 bits per heavy atom. The van der Waals surface area contributed by atoms with Gasteiger partial charge >= 0.3 is 12.1 Å². The van der Waals surface area contributed by atoms with E-state index < -0.39 is 23.5 Å². The van der Waals surface area contributed by atoms with E-state index >= 15 is 0 Å². The minimum atomic E-state index is -1.33. The number of nitrogens with zero attached hydrogens (tertiary/aromatic N) is 1. The third kappa shape index (κ3) is 4.90. The number of alkyl carbamates (subject to hydrolysis) is 1. The van der Waals surface area contributed by atoms with Crippen molar-refractivity contribution in [2.45, 2.75) is 44.7 Å². The van der Waals surface area contributed by atoms with E-state index in [1.807, 2.05) is 24.3 Å².